The highest BCUT2D eigenvalue weighted by Gasteiger charge is 2.09. The molecule has 2 aromatic rings. The van der Waals surface area contributed by atoms with Crippen molar-refractivity contribution in [2.75, 3.05) is 11.9 Å². The summed E-state index contributed by atoms with van der Waals surface area (Å²) in [4.78, 5) is 12.6. The van der Waals surface area contributed by atoms with Crippen LogP contribution in [0, 0.1) is 18.3 Å². The maximum absolute atomic E-state index is 8.91. The van der Waals surface area contributed by atoms with E-state index in [1.807, 2.05) is 6.92 Å². The summed E-state index contributed by atoms with van der Waals surface area (Å²) < 4.78 is 0. The fraction of sp³-hybridized carbons (Fsp3) is 0.286. The van der Waals surface area contributed by atoms with Crippen molar-refractivity contribution in [3.05, 3.63) is 35.9 Å². The SMILES string of the molecule is CCCNc1ncnc(-c2cncc(C#N)c2)c1C. The fourth-order valence-electron chi connectivity index (χ4n) is 1.79. The zero-order chi connectivity index (χ0) is 13.7. The minimum Gasteiger partial charge on any atom is -0.370 e. The van der Waals surface area contributed by atoms with Crippen molar-refractivity contribution < 1.29 is 0 Å². The molecule has 19 heavy (non-hydrogen) atoms. The molecule has 0 amide bonds. The fourth-order valence-corrected chi connectivity index (χ4v) is 1.79. The van der Waals surface area contributed by atoms with E-state index in [9.17, 15) is 0 Å². The summed E-state index contributed by atoms with van der Waals surface area (Å²) >= 11 is 0. The van der Waals surface area contributed by atoms with E-state index in [0.29, 0.717) is 5.56 Å². The number of nitrogens with one attached hydrogen (secondary N) is 1. The zero-order valence-electron chi connectivity index (χ0n) is 11.0. The van der Waals surface area contributed by atoms with Gasteiger partial charge in [-0.15, -0.1) is 0 Å². The van der Waals surface area contributed by atoms with E-state index < -0.39 is 0 Å². The van der Waals surface area contributed by atoms with Crippen molar-refractivity contribution in [2.45, 2.75) is 20.3 Å². The second-order valence-corrected chi connectivity index (χ2v) is 4.20. The van der Waals surface area contributed by atoms with E-state index in [-0.39, 0.29) is 0 Å². The van der Waals surface area contributed by atoms with Gasteiger partial charge in [-0.3, -0.25) is 4.98 Å². The number of anilines is 1. The van der Waals surface area contributed by atoms with E-state index in [1.165, 1.54) is 12.5 Å². The first-order valence-electron chi connectivity index (χ1n) is 6.17. The van der Waals surface area contributed by atoms with Gasteiger partial charge < -0.3 is 5.32 Å². The normalized spacial score (nSPS) is 9.95. The van der Waals surface area contributed by atoms with Gasteiger partial charge in [-0.1, -0.05) is 6.92 Å². The molecule has 0 bridgehead atoms. The van der Waals surface area contributed by atoms with Gasteiger partial charge in [0, 0.05) is 30.1 Å². The van der Waals surface area contributed by atoms with Crippen LogP contribution >= 0.6 is 0 Å². The molecule has 2 heterocycles. The Morgan fingerprint density at radius 3 is 2.89 bits per heavy atom. The molecule has 0 aliphatic heterocycles. The van der Waals surface area contributed by atoms with Gasteiger partial charge in [0.2, 0.25) is 0 Å². The molecule has 0 fully saturated rings. The Balaban J connectivity index is 2.42. The van der Waals surface area contributed by atoms with Gasteiger partial charge in [0.15, 0.2) is 0 Å². The zero-order valence-corrected chi connectivity index (χ0v) is 11.0. The average Bonchev–Trinajstić information content (AvgIpc) is 2.46. The molecule has 0 aliphatic rings. The molecule has 1 N–H and O–H groups in total. The second-order valence-electron chi connectivity index (χ2n) is 4.20. The Hall–Kier alpha value is -2.48. The average molecular weight is 253 g/mol. The molecule has 2 aromatic heterocycles. The van der Waals surface area contributed by atoms with Crippen molar-refractivity contribution >= 4 is 5.82 Å². The lowest BCUT2D eigenvalue weighted by atomic mass is 10.1. The highest BCUT2D eigenvalue weighted by Crippen LogP contribution is 2.24. The van der Waals surface area contributed by atoms with Gasteiger partial charge in [0.25, 0.3) is 0 Å². The number of pyridine rings is 1. The highest BCUT2D eigenvalue weighted by atomic mass is 15.0. The Morgan fingerprint density at radius 2 is 2.16 bits per heavy atom. The van der Waals surface area contributed by atoms with Crippen molar-refractivity contribution in [1.82, 2.24) is 15.0 Å². The number of rotatable bonds is 4. The smallest absolute Gasteiger partial charge is 0.132 e. The topological polar surface area (TPSA) is 74.5 Å². The quantitative estimate of drug-likeness (QED) is 0.906. The summed E-state index contributed by atoms with van der Waals surface area (Å²) in [6.07, 6.45) is 5.81. The van der Waals surface area contributed by atoms with Crippen molar-refractivity contribution in [3.63, 3.8) is 0 Å². The van der Waals surface area contributed by atoms with Crippen LogP contribution in [0.3, 0.4) is 0 Å². The summed E-state index contributed by atoms with van der Waals surface area (Å²) in [7, 11) is 0. The molecule has 0 aliphatic carbocycles. The summed E-state index contributed by atoms with van der Waals surface area (Å²) in [5.74, 6) is 0.828. The first-order chi connectivity index (χ1) is 9.26. The predicted molar refractivity (Wildman–Crippen MR) is 73.5 cm³/mol. The largest absolute Gasteiger partial charge is 0.370 e. The first kappa shape index (κ1) is 13.0. The molecule has 0 atom stereocenters. The molecular weight excluding hydrogens is 238 g/mol. The third-order valence-electron chi connectivity index (χ3n) is 2.77. The number of nitriles is 1. The van der Waals surface area contributed by atoms with E-state index in [1.54, 1.807) is 12.3 Å². The van der Waals surface area contributed by atoms with Gasteiger partial charge in [-0.2, -0.15) is 5.26 Å². The van der Waals surface area contributed by atoms with Crippen LogP contribution in [0.2, 0.25) is 0 Å². The molecule has 0 radical (unpaired) electrons. The Kier molecular flexibility index (Phi) is 4.04. The molecule has 5 heteroatoms. The van der Waals surface area contributed by atoms with Crippen molar-refractivity contribution in [1.29, 1.82) is 5.26 Å². The van der Waals surface area contributed by atoms with Gasteiger partial charge in [-0.05, 0) is 19.4 Å². The van der Waals surface area contributed by atoms with Gasteiger partial charge in [-0.25, -0.2) is 9.97 Å². The molecular formula is C14H15N5. The lowest BCUT2D eigenvalue weighted by Crippen LogP contribution is -2.05. The van der Waals surface area contributed by atoms with Crippen molar-refractivity contribution in [3.8, 4) is 17.3 Å². The van der Waals surface area contributed by atoms with Crippen LogP contribution in [0.4, 0.5) is 5.82 Å². The third-order valence-corrected chi connectivity index (χ3v) is 2.77. The third kappa shape index (κ3) is 2.86. The van der Waals surface area contributed by atoms with Crippen LogP contribution in [-0.4, -0.2) is 21.5 Å². The number of hydrogen-bond acceptors (Lipinski definition) is 5. The van der Waals surface area contributed by atoms with Gasteiger partial charge in [0.05, 0.1) is 11.3 Å². The van der Waals surface area contributed by atoms with Gasteiger partial charge >= 0.3 is 0 Å². The Labute approximate surface area is 112 Å². The molecule has 0 spiro atoms. The van der Waals surface area contributed by atoms with Crippen LogP contribution in [-0.2, 0) is 0 Å². The number of hydrogen-bond donors (Lipinski definition) is 1. The van der Waals surface area contributed by atoms with E-state index in [0.717, 1.165) is 35.6 Å². The van der Waals surface area contributed by atoms with Crippen LogP contribution < -0.4 is 5.32 Å². The summed E-state index contributed by atoms with van der Waals surface area (Å²) in [5, 5.41) is 12.2. The molecule has 5 nitrogen and oxygen atoms in total. The molecule has 0 aromatic carbocycles. The molecule has 0 unspecified atom stereocenters. The lowest BCUT2D eigenvalue weighted by Gasteiger charge is -2.10. The minimum absolute atomic E-state index is 0.526. The predicted octanol–water partition coefficient (Wildman–Crippen LogP) is 2.54. The number of nitrogens with zero attached hydrogens (tertiary/aromatic N) is 4. The lowest BCUT2D eigenvalue weighted by molar-refractivity contribution is 0.960. The molecule has 2 rings (SSSR count). The molecule has 96 valence electrons. The molecule has 0 saturated carbocycles. The minimum atomic E-state index is 0.526. The molecule has 0 saturated heterocycles. The Bertz CT molecular complexity index is 615. The second kappa shape index (κ2) is 5.91. The monoisotopic (exact) mass is 253 g/mol. The summed E-state index contributed by atoms with van der Waals surface area (Å²) in [6.45, 7) is 4.94. The summed E-state index contributed by atoms with van der Waals surface area (Å²) in [5.41, 5.74) is 3.13. The maximum atomic E-state index is 8.91. The van der Waals surface area contributed by atoms with Crippen LogP contribution in [0.1, 0.15) is 24.5 Å². The highest BCUT2D eigenvalue weighted by molar-refractivity contribution is 5.68. The van der Waals surface area contributed by atoms with Gasteiger partial charge in [0.1, 0.15) is 18.2 Å². The first-order valence-corrected chi connectivity index (χ1v) is 6.17. The standard InChI is InChI=1S/C14H15N5/c1-3-4-17-14-10(2)13(18-9-19-14)12-5-11(6-15)7-16-8-12/h5,7-9H,3-4H2,1-2H3,(H,17,18,19). The Morgan fingerprint density at radius 1 is 1.32 bits per heavy atom. The summed E-state index contributed by atoms with van der Waals surface area (Å²) in [6, 6.07) is 3.87. The number of aromatic nitrogens is 3. The van der Waals surface area contributed by atoms with E-state index >= 15 is 0 Å². The van der Waals surface area contributed by atoms with Crippen LogP contribution in [0.15, 0.2) is 24.8 Å². The van der Waals surface area contributed by atoms with Crippen LogP contribution in [0.5, 0.6) is 0 Å². The van der Waals surface area contributed by atoms with Crippen molar-refractivity contribution in [2.24, 2.45) is 0 Å². The van der Waals surface area contributed by atoms with E-state index in [2.05, 4.69) is 33.3 Å². The van der Waals surface area contributed by atoms with E-state index in [4.69, 9.17) is 5.26 Å². The maximum Gasteiger partial charge on any atom is 0.132 e. The van der Waals surface area contributed by atoms with Crippen LogP contribution in [0.25, 0.3) is 11.3 Å².